The van der Waals surface area contributed by atoms with E-state index in [2.05, 4.69) is 10.3 Å². The Morgan fingerprint density at radius 2 is 2.31 bits per heavy atom. The molecule has 1 saturated carbocycles. The molecule has 1 aliphatic rings. The van der Waals surface area contributed by atoms with Crippen molar-refractivity contribution in [2.75, 3.05) is 5.32 Å². The lowest BCUT2D eigenvalue weighted by molar-refractivity contribution is -0.385. The Balaban J connectivity index is 2.34. The molecule has 84 valence electrons. The van der Waals surface area contributed by atoms with Gasteiger partial charge in [0.25, 0.3) is 0 Å². The molecule has 0 unspecified atom stereocenters. The van der Waals surface area contributed by atoms with Crippen LogP contribution in [0.25, 0.3) is 0 Å². The molecule has 2 N–H and O–H groups in total. The number of aromatic carboxylic acids is 1. The van der Waals surface area contributed by atoms with Crippen LogP contribution in [-0.4, -0.2) is 27.0 Å². The van der Waals surface area contributed by atoms with Gasteiger partial charge in [-0.1, -0.05) is 0 Å². The topological polar surface area (TPSA) is 105 Å². The Bertz CT molecular complexity index is 456. The van der Waals surface area contributed by atoms with Crippen LogP contribution in [0.1, 0.15) is 23.2 Å². The van der Waals surface area contributed by atoms with Crippen LogP contribution in [0.5, 0.6) is 0 Å². The number of nitro groups is 1. The summed E-state index contributed by atoms with van der Waals surface area (Å²) in [6.07, 6.45) is 3.00. The second kappa shape index (κ2) is 3.76. The zero-order chi connectivity index (χ0) is 11.7. The number of hydrogen-bond donors (Lipinski definition) is 2. The van der Waals surface area contributed by atoms with E-state index in [1.165, 1.54) is 6.07 Å². The summed E-state index contributed by atoms with van der Waals surface area (Å²) in [5.41, 5.74) is -0.836. The fourth-order valence-corrected chi connectivity index (χ4v) is 1.28. The minimum absolute atomic E-state index is 0.315. The zero-order valence-corrected chi connectivity index (χ0v) is 8.21. The van der Waals surface area contributed by atoms with Gasteiger partial charge in [-0.15, -0.1) is 0 Å². The molecule has 0 bridgehead atoms. The molecule has 16 heavy (non-hydrogen) atoms. The third-order valence-corrected chi connectivity index (χ3v) is 2.24. The van der Waals surface area contributed by atoms with Gasteiger partial charge < -0.3 is 10.4 Å². The van der Waals surface area contributed by atoms with Crippen molar-refractivity contribution in [3.63, 3.8) is 0 Å². The molecule has 0 radical (unpaired) electrons. The number of rotatable bonds is 4. The quantitative estimate of drug-likeness (QED) is 0.588. The first-order valence-electron chi connectivity index (χ1n) is 4.72. The van der Waals surface area contributed by atoms with Gasteiger partial charge in [0.1, 0.15) is 17.6 Å². The lowest BCUT2D eigenvalue weighted by atomic mass is 10.2. The van der Waals surface area contributed by atoms with Gasteiger partial charge in [-0.3, -0.25) is 10.1 Å². The molecule has 0 spiro atoms. The van der Waals surface area contributed by atoms with E-state index in [0.29, 0.717) is 11.9 Å². The van der Waals surface area contributed by atoms with Gasteiger partial charge in [0, 0.05) is 12.1 Å². The number of aromatic nitrogens is 1. The highest BCUT2D eigenvalue weighted by molar-refractivity contribution is 5.93. The summed E-state index contributed by atoms with van der Waals surface area (Å²) < 4.78 is 0. The highest BCUT2D eigenvalue weighted by Gasteiger charge is 2.24. The van der Waals surface area contributed by atoms with E-state index in [-0.39, 0.29) is 5.56 Å². The molecular formula is C9H9N3O4. The number of nitrogens with one attached hydrogen (secondary N) is 1. The number of anilines is 1. The molecule has 1 fully saturated rings. The third-order valence-electron chi connectivity index (χ3n) is 2.24. The molecule has 1 aromatic rings. The average Bonchev–Trinajstić information content (AvgIpc) is 3.01. The van der Waals surface area contributed by atoms with Crippen LogP contribution in [0.2, 0.25) is 0 Å². The number of hydrogen-bond acceptors (Lipinski definition) is 5. The monoisotopic (exact) mass is 223 g/mol. The largest absolute Gasteiger partial charge is 0.477 e. The van der Waals surface area contributed by atoms with Crippen LogP contribution >= 0.6 is 0 Å². The maximum atomic E-state index is 10.8. The number of nitrogens with zero attached hydrogens (tertiary/aromatic N) is 2. The predicted octanol–water partition coefficient (Wildman–Crippen LogP) is 1.26. The summed E-state index contributed by atoms with van der Waals surface area (Å²) in [4.78, 5) is 24.4. The van der Waals surface area contributed by atoms with Gasteiger partial charge >= 0.3 is 11.7 Å². The maximum absolute atomic E-state index is 10.8. The van der Waals surface area contributed by atoms with Crippen LogP contribution in [0, 0.1) is 10.1 Å². The van der Waals surface area contributed by atoms with Crippen molar-refractivity contribution in [3.05, 3.63) is 27.9 Å². The van der Waals surface area contributed by atoms with Crippen LogP contribution in [0.3, 0.4) is 0 Å². The fourth-order valence-electron chi connectivity index (χ4n) is 1.28. The first kappa shape index (κ1) is 10.3. The Morgan fingerprint density at radius 3 is 2.81 bits per heavy atom. The van der Waals surface area contributed by atoms with Crippen molar-refractivity contribution in [1.29, 1.82) is 0 Å². The SMILES string of the molecule is O=C(O)c1cc(NC2CC2)ncc1[N+](=O)[O-]. The average molecular weight is 223 g/mol. The molecule has 7 nitrogen and oxygen atoms in total. The van der Waals surface area contributed by atoms with Gasteiger partial charge in [0.05, 0.1) is 4.92 Å². The smallest absolute Gasteiger partial charge is 0.342 e. The molecule has 1 aliphatic carbocycles. The second-order valence-electron chi connectivity index (χ2n) is 3.57. The van der Waals surface area contributed by atoms with Crippen molar-refractivity contribution in [1.82, 2.24) is 4.98 Å². The zero-order valence-electron chi connectivity index (χ0n) is 8.21. The lowest BCUT2D eigenvalue weighted by Crippen LogP contribution is -2.08. The summed E-state index contributed by atoms with van der Waals surface area (Å²) in [6, 6.07) is 1.51. The summed E-state index contributed by atoms with van der Waals surface area (Å²) in [5, 5.41) is 22.4. The highest BCUT2D eigenvalue weighted by Crippen LogP contribution is 2.26. The number of pyridine rings is 1. The molecule has 0 saturated heterocycles. The van der Waals surface area contributed by atoms with Crippen LogP contribution in [-0.2, 0) is 0 Å². The van der Waals surface area contributed by atoms with Crippen molar-refractivity contribution in [2.24, 2.45) is 0 Å². The molecule has 0 aliphatic heterocycles. The minimum Gasteiger partial charge on any atom is -0.477 e. The van der Waals surface area contributed by atoms with E-state index >= 15 is 0 Å². The molecule has 0 atom stereocenters. The first-order valence-corrected chi connectivity index (χ1v) is 4.72. The number of carboxylic acids is 1. The van der Waals surface area contributed by atoms with Crippen LogP contribution < -0.4 is 5.32 Å². The van der Waals surface area contributed by atoms with Gasteiger partial charge in [0.2, 0.25) is 0 Å². The van der Waals surface area contributed by atoms with Gasteiger partial charge in [-0.05, 0) is 12.8 Å². The van der Waals surface area contributed by atoms with Crippen molar-refractivity contribution < 1.29 is 14.8 Å². The van der Waals surface area contributed by atoms with E-state index in [9.17, 15) is 14.9 Å². The van der Waals surface area contributed by atoms with E-state index in [1.807, 2.05) is 0 Å². The third kappa shape index (κ3) is 2.08. The number of carboxylic acid groups (broad SMARTS) is 1. The van der Waals surface area contributed by atoms with Crippen molar-refractivity contribution >= 4 is 17.5 Å². The van der Waals surface area contributed by atoms with E-state index < -0.39 is 16.6 Å². The normalized spacial score (nSPS) is 14.5. The molecule has 0 aromatic carbocycles. The molecule has 1 aromatic heterocycles. The lowest BCUT2D eigenvalue weighted by Gasteiger charge is -2.04. The van der Waals surface area contributed by atoms with E-state index in [0.717, 1.165) is 19.0 Å². The minimum atomic E-state index is -1.33. The summed E-state index contributed by atoms with van der Waals surface area (Å²) in [6.45, 7) is 0. The molecule has 7 heteroatoms. The summed E-state index contributed by atoms with van der Waals surface area (Å²) in [5.74, 6) is -0.960. The first-order chi connectivity index (χ1) is 7.58. The van der Waals surface area contributed by atoms with Gasteiger partial charge in [-0.2, -0.15) is 0 Å². The van der Waals surface area contributed by atoms with E-state index in [4.69, 9.17) is 5.11 Å². The predicted molar refractivity (Wildman–Crippen MR) is 54.5 cm³/mol. The molecular weight excluding hydrogens is 214 g/mol. The van der Waals surface area contributed by atoms with Crippen molar-refractivity contribution in [2.45, 2.75) is 18.9 Å². The Morgan fingerprint density at radius 1 is 1.62 bits per heavy atom. The van der Waals surface area contributed by atoms with Gasteiger partial charge in [0.15, 0.2) is 0 Å². The fraction of sp³-hybridized carbons (Fsp3) is 0.333. The Labute approximate surface area is 90.3 Å². The highest BCUT2D eigenvalue weighted by atomic mass is 16.6. The van der Waals surface area contributed by atoms with Crippen LogP contribution in [0.4, 0.5) is 11.5 Å². The molecule has 2 rings (SSSR count). The Kier molecular flexibility index (Phi) is 2.43. The van der Waals surface area contributed by atoms with Crippen LogP contribution in [0.15, 0.2) is 12.3 Å². The van der Waals surface area contributed by atoms with Crippen molar-refractivity contribution in [3.8, 4) is 0 Å². The summed E-state index contributed by atoms with van der Waals surface area (Å²) in [7, 11) is 0. The standard InChI is InChI=1S/C9H9N3O4/c13-9(14)6-3-8(11-5-1-2-5)10-4-7(6)12(15)16/h3-5H,1-2H2,(H,10,11)(H,13,14). The molecule has 0 amide bonds. The molecule has 1 heterocycles. The second-order valence-corrected chi connectivity index (χ2v) is 3.57. The van der Waals surface area contributed by atoms with E-state index in [1.54, 1.807) is 0 Å². The Hall–Kier alpha value is -2.18. The van der Waals surface area contributed by atoms with Gasteiger partial charge in [-0.25, -0.2) is 9.78 Å². The number of carbonyl (C=O) groups is 1. The maximum Gasteiger partial charge on any atom is 0.342 e. The summed E-state index contributed by atoms with van der Waals surface area (Å²) >= 11 is 0.